The molecule has 74 valence electrons. The zero-order valence-electron chi connectivity index (χ0n) is 8.55. The van der Waals surface area contributed by atoms with Crippen LogP contribution in [-0.4, -0.2) is 0 Å². The summed E-state index contributed by atoms with van der Waals surface area (Å²) < 4.78 is 1.25. The maximum absolute atomic E-state index is 3.73. The molecule has 2 aromatic carbocycles. The summed E-state index contributed by atoms with van der Waals surface area (Å²) in [5.74, 6) is 0. The highest BCUT2D eigenvalue weighted by Gasteiger charge is 2.16. The predicted molar refractivity (Wildman–Crippen MR) is 69.0 cm³/mol. The van der Waals surface area contributed by atoms with E-state index in [1.54, 1.807) is 0 Å². The zero-order valence-corrected chi connectivity index (χ0v) is 10.1. The molecule has 0 heterocycles. The summed E-state index contributed by atoms with van der Waals surface area (Å²) in [4.78, 5) is 0. The van der Waals surface area contributed by atoms with Crippen LogP contribution < -0.4 is 0 Å². The van der Waals surface area contributed by atoms with E-state index in [-0.39, 0.29) is 0 Å². The first-order valence-electron chi connectivity index (χ1n) is 5.14. The summed E-state index contributed by atoms with van der Waals surface area (Å²) in [5, 5.41) is 2.64. The second-order valence-corrected chi connectivity index (χ2v) is 4.83. The molecule has 0 bridgehead atoms. The summed E-state index contributed by atoms with van der Waals surface area (Å²) >= 11 is 3.73. The van der Waals surface area contributed by atoms with Crippen molar-refractivity contribution in [1.82, 2.24) is 0 Å². The van der Waals surface area contributed by atoms with Gasteiger partial charge in [-0.05, 0) is 56.7 Å². The van der Waals surface area contributed by atoms with Crippen molar-refractivity contribution in [3.8, 4) is 0 Å². The molecule has 0 unspecified atom stereocenters. The Bertz CT molecular complexity index is 579. The van der Waals surface area contributed by atoms with Gasteiger partial charge in [-0.25, -0.2) is 0 Å². The van der Waals surface area contributed by atoms with Crippen LogP contribution in [0.5, 0.6) is 0 Å². The Morgan fingerprint density at radius 3 is 2.87 bits per heavy atom. The van der Waals surface area contributed by atoms with Gasteiger partial charge in [0, 0.05) is 4.47 Å². The van der Waals surface area contributed by atoms with E-state index in [0.29, 0.717) is 0 Å². The number of benzene rings is 2. The van der Waals surface area contributed by atoms with Gasteiger partial charge in [0.25, 0.3) is 0 Å². The van der Waals surface area contributed by atoms with Gasteiger partial charge in [-0.1, -0.05) is 36.4 Å². The second-order valence-electron chi connectivity index (χ2n) is 4.04. The Kier molecular flexibility index (Phi) is 1.96. The quantitative estimate of drug-likeness (QED) is 0.650. The van der Waals surface area contributed by atoms with Crippen LogP contribution in [0.15, 0.2) is 40.9 Å². The van der Waals surface area contributed by atoms with E-state index in [1.807, 2.05) is 0 Å². The average molecular weight is 259 g/mol. The highest BCUT2D eigenvalue weighted by molar-refractivity contribution is 9.10. The summed E-state index contributed by atoms with van der Waals surface area (Å²) in [7, 11) is 0. The molecule has 1 aliphatic carbocycles. The van der Waals surface area contributed by atoms with Gasteiger partial charge in [0.15, 0.2) is 0 Å². The molecule has 3 rings (SSSR count). The molecular formula is C14H11Br. The van der Waals surface area contributed by atoms with E-state index in [2.05, 4.69) is 59.3 Å². The molecule has 0 nitrogen and oxygen atoms in total. The maximum Gasteiger partial charge on any atom is 0.0331 e. The van der Waals surface area contributed by atoms with Gasteiger partial charge >= 0.3 is 0 Å². The topological polar surface area (TPSA) is 0 Å². The third-order valence-corrected chi connectivity index (χ3v) is 3.91. The first-order valence-corrected chi connectivity index (χ1v) is 5.94. The van der Waals surface area contributed by atoms with E-state index in [1.165, 1.54) is 31.9 Å². The fourth-order valence-corrected chi connectivity index (χ4v) is 3.24. The molecule has 15 heavy (non-hydrogen) atoms. The minimum Gasteiger partial charge on any atom is -0.0765 e. The summed E-state index contributed by atoms with van der Waals surface area (Å²) in [6, 6.07) is 10.8. The molecule has 1 heteroatoms. The van der Waals surface area contributed by atoms with Crippen molar-refractivity contribution in [2.45, 2.75) is 13.3 Å². The molecule has 0 fully saturated rings. The van der Waals surface area contributed by atoms with Crippen molar-refractivity contribution < 1.29 is 0 Å². The molecule has 0 aliphatic heterocycles. The molecule has 0 amide bonds. The van der Waals surface area contributed by atoms with Crippen LogP contribution in [0.1, 0.15) is 18.1 Å². The van der Waals surface area contributed by atoms with Crippen LogP contribution in [0.25, 0.3) is 16.3 Å². The van der Waals surface area contributed by atoms with Gasteiger partial charge in [-0.3, -0.25) is 0 Å². The molecule has 0 aromatic heterocycles. The first-order chi connectivity index (χ1) is 7.27. The molecule has 0 spiro atoms. The minimum atomic E-state index is 1.07. The maximum atomic E-state index is 3.73. The summed E-state index contributed by atoms with van der Waals surface area (Å²) in [6.07, 6.45) is 3.37. The van der Waals surface area contributed by atoms with Gasteiger partial charge in [-0.15, -0.1) is 0 Å². The van der Waals surface area contributed by atoms with Crippen molar-refractivity contribution in [3.63, 3.8) is 0 Å². The highest BCUT2D eigenvalue weighted by atomic mass is 79.9. The lowest BCUT2D eigenvalue weighted by atomic mass is 10.0. The van der Waals surface area contributed by atoms with Gasteiger partial charge in [0.05, 0.1) is 0 Å². The van der Waals surface area contributed by atoms with E-state index >= 15 is 0 Å². The van der Waals surface area contributed by atoms with E-state index in [9.17, 15) is 0 Å². The van der Waals surface area contributed by atoms with Gasteiger partial charge < -0.3 is 0 Å². The lowest BCUT2D eigenvalue weighted by Crippen LogP contribution is -1.87. The van der Waals surface area contributed by atoms with Crippen LogP contribution >= 0.6 is 15.9 Å². The van der Waals surface area contributed by atoms with Gasteiger partial charge in [0.2, 0.25) is 0 Å². The fourth-order valence-electron chi connectivity index (χ4n) is 2.31. The summed E-state index contributed by atoms with van der Waals surface area (Å²) in [5.41, 5.74) is 4.23. The first kappa shape index (κ1) is 9.17. The summed E-state index contributed by atoms with van der Waals surface area (Å²) in [6.45, 7) is 2.19. The van der Waals surface area contributed by atoms with E-state index < -0.39 is 0 Å². The molecule has 1 aliphatic rings. The van der Waals surface area contributed by atoms with Crippen molar-refractivity contribution in [3.05, 3.63) is 52.0 Å². The van der Waals surface area contributed by atoms with Crippen LogP contribution in [0, 0.1) is 0 Å². The SMILES string of the molecule is CC1=CCc2cc3ccccc3c(Br)c21. The van der Waals surface area contributed by atoms with Crippen molar-refractivity contribution in [1.29, 1.82) is 0 Å². The molecule has 0 N–H and O–H groups in total. The molecule has 0 saturated heterocycles. The average Bonchev–Trinajstić information content (AvgIpc) is 2.61. The van der Waals surface area contributed by atoms with Gasteiger partial charge in [0.1, 0.15) is 0 Å². The largest absolute Gasteiger partial charge is 0.0765 e. The Morgan fingerprint density at radius 2 is 2.00 bits per heavy atom. The Labute approximate surface area is 97.7 Å². The molecular weight excluding hydrogens is 248 g/mol. The van der Waals surface area contributed by atoms with Crippen LogP contribution in [-0.2, 0) is 6.42 Å². The predicted octanol–water partition coefficient (Wildman–Crippen LogP) is 4.56. The van der Waals surface area contributed by atoms with Crippen LogP contribution in [0.3, 0.4) is 0 Å². The van der Waals surface area contributed by atoms with E-state index in [0.717, 1.165) is 6.42 Å². The van der Waals surface area contributed by atoms with Crippen molar-refractivity contribution in [2.24, 2.45) is 0 Å². The number of halogens is 1. The fraction of sp³-hybridized carbons (Fsp3) is 0.143. The van der Waals surface area contributed by atoms with Crippen molar-refractivity contribution in [2.75, 3.05) is 0 Å². The number of rotatable bonds is 0. The van der Waals surface area contributed by atoms with Gasteiger partial charge in [-0.2, -0.15) is 0 Å². The Balaban J connectivity index is 2.45. The molecule has 0 atom stereocenters. The zero-order chi connectivity index (χ0) is 10.4. The molecule has 2 aromatic rings. The molecule has 0 radical (unpaired) electrons. The van der Waals surface area contributed by atoms with Crippen LogP contribution in [0.4, 0.5) is 0 Å². The number of hydrogen-bond acceptors (Lipinski definition) is 0. The number of fused-ring (bicyclic) bond motifs is 2. The molecule has 0 saturated carbocycles. The number of hydrogen-bond donors (Lipinski definition) is 0. The lowest BCUT2D eigenvalue weighted by Gasteiger charge is -2.09. The third-order valence-electron chi connectivity index (χ3n) is 3.09. The highest BCUT2D eigenvalue weighted by Crippen LogP contribution is 2.38. The standard InChI is InChI=1S/C14H11Br/c1-9-6-7-11-8-10-4-2-3-5-12(10)14(15)13(9)11/h2-6,8H,7H2,1H3. The lowest BCUT2D eigenvalue weighted by molar-refractivity contribution is 1.32. The Hall–Kier alpha value is -1.08. The Morgan fingerprint density at radius 1 is 1.20 bits per heavy atom. The monoisotopic (exact) mass is 258 g/mol. The number of allylic oxidation sites excluding steroid dienone is 2. The normalized spacial score (nSPS) is 14.1. The van der Waals surface area contributed by atoms with E-state index in [4.69, 9.17) is 0 Å². The van der Waals surface area contributed by atoms with Crippen LogP contribution in [0.2, 0.25) is 0 Å². The smallest absolute Gasteiger partial charge is 0.0331 e. The second kappa shape index (κ2) is 3.21. The third kappa shape index (κ3) is 1.26. The minimum absolute atomic E-state index is 1.07. The van der Waals surface area contributed by atoms with Crippen molar-refractivity contribution >= 4 is 32.3 Å².